The molecule has 0 aliphatic rings. The molecule has 19 heavy (non-hydrogen) atoms. The summed E-state index contributed by atoms with van der Waals surface area (Å²) < 4.78 is 7.02. The van der Waals surface area contributed by atoms with Gasteiger partial charge in [0.2, 0.25) is 0 Å². The minimum Gasteiger partial charge on any atom is -0.463 e. The summed E-state index contributed by atoms with van der Waals surface area (Å²) >= 11 is 0. The normalized spacial score (nSPS) is 10.2. The quantitative estimate of drug-likeness (QED) is 0.779. The molecule has 0 saturated carbocycles. The maximum absolute atomic E-state index is 5.98. The molecule has 0 bridgehead atoms. The van der Waals surface area contributed by atoms with Crippen molar-refractivity contribution in [3.05, 3.63) is 54.3 Å². The Kier molecular flexibility index (Phi) is 3.62. The van der Waals surface area contributed by atoms with Gasteiger partial charge in [0.05, 0.1) is 12.0 Å². The number of nitrogen functional groups attached to an aromatic ring is 1. The number of furan rings is 1. The van der Waals surface area contributed by atoms with Gasteiger partial charge in [0.1, 0.15) is 11.5 Å². The zero-order valence-corrected chi connectivity index (χ0v) is 11.2. The van der Waals surface area contributed by atoms with E-state index >= 15 is 0 Å². The molecule has 0 fully saturated rings. The Balaban J connectivity index is 0.00000133. The fourth-order valence-electron chi connectivity index (χ4n) is 1.83. The molecule has 1 aromatic carbocycles. The number of nitrogens with two attached hydrogens (primary N) is 1. The topological polar surface area (TPSA) is 57.0 Å². The van der Waals surface area contributed by atoms with Crippen molar-refractivity contribution in [2.45, 2.75) is 6.92 Å². The van der Waals surface area contributed by atoms with Gasteiger partial charge < -0.3 is 10.2 Å². The lowest BCUT2D eigenvalue weighted by atomic mass is 10.2. The molecule has 0 radical (unpaired) electrons. The molecule has 0 unspecified atom stereocenters. The second-order valence-electron chi connectivity index (χ2n) is 4.18. The molecule has 98 valence electrons. The Hall–Kier alpha value is -2.20. The standard InChI is InChI=1S/C14H13N3O.ClH/c1-10-4-6-11(7-5-10)17-14(15)9-12(16-17)13-3-2-8-18-13;/h2-9H,15H2,1H3;1H. The molecule has 3 aromatic rings. The summed E-state index contributed by atoms with van der Waals surface area (Å²) in [7, 11) is 0. The number of aromatic nitrogens is 2. The van der Waals surface area contributed by atoms with E-state index in [2.05, 4.69) is 5.10 Å². The molecule has 3 rings (SSSR count). The van der Waals surface area contributed by atoms with Crippen LogP contribution in [0.1, 0.15) is 5.56 Å². The fraction of sp³-hybridized carbons (Fsp3) is 0.0714. The van der Waals surface area contributed by atoms with Gasteiger partial charge >= 0.3 is 0 Å². The van der Waals surface area contributed by atoms with Gasteiger partial charge in [-0.2, -0.15) is 5.10 Å². The molecule has 0 aliphatic heterocycles. The zero-order chi connectivity index (χ0) is 12.5. The van der Waals surface area contributed by atoms with E-state index in [0.717, 1.165) is 11.4 Å². The minimum absolute atomic E-state index is 0. The van der Waals surface area contributed by atoms with E-state index in [1.807, 2.05) is 43.3 Å². The van der Waals surface area contributed by atoms with Gasteiger partial charge in [-0.05, 0) is 31.2 Å². The van der Waals surface area contributed by atoms with Gasteiger partial charge in [-0.1, -0.05) is 17.7 Å². The summed E-state index contributed by atoms with van der Waals surface area (Å²) in [5, 5.41) is 4.45. The molecule has 2 aromatic heterocycles. The Morgan fingerprint density at radius 1 is 1.16 bits per heavy atom. The van der Waals surface area contributed by atoms with Crippen LogP contribution in [-0.2, 0) is 0 Å². The van der Waals surface area contributed by atoms with Crippen LogP contribution in [0.3, 0.4) is 0 Å². The van der Waals surface area contributed by atoms with E-state index in [0.29, 0.717) is 11.6 Å². The summed E-state index contributed by atoms with van der Waals surface area (Å²) in [6.07, 6.45) is 1.62. The molecule has 0 saturated heterocycles. The maximum atomic E-state index is 5.98. The van der Waals surface area contributed by atoms with Gasteiger partial charge in [0, 0.05) is 6.07 Å². The van der Waals surface area contributed by atoms with Gasteiger partial charge in [-0.3, -0.25) is 0 Å². The van der Waals surface area contributed by atoms with E-state index in [-0.39, 0.29) is 12.4 Å². The average Bonchev–Trinajstić information content (AvgIpc) is 2.99. The van der Waals surface area contributed by atoms with Crippen LogP contribution < -0.4 is 5.73 Å². The smallest absolute Gasteiger partial charge is 0.154 e. The highest BCUT2D eigenvalue weighted by molar-refractivity contribution is 5.85. The highest BCUT2D eigenvalue weighted by atomic mass is 35.5. The van der Waals surface area contributed by atoms with Crippen molar-refractivity contribution in [3.8, 4) is 17.1 Å². The molecule has 0 aliphatic carbocycles. The first-order valence-electron chi connectivity index (χ1n) is 5.70. The van der Waals surface area contributed by atoms with E-state index < -0.39 is 0 Å². The highest BCUT2D eigenvalue weighted by Crippen LogP contribution is 2.23. The van der Waals surface area contributed by atoms with Crippen LogP contribution >= 0.6 is 12.4 Å². The zero-order valence-electron chi connectivity index (χ0n) is 10.4. The molecule has 4 nitrogen and oxygen atoms in total. The minimum atomic E-state index is 0. The van der Waals surface area contributed by atoms with Crippen molar-refractivity contribution < 1.29 is 4.42 Å². The number of halogens is 1. The molecule has 0 atom stereocenters. The number of nitrogens with zero attached hydrogens (tertiary/aromatic N) is 2. The van der Waals surface area contributed by atoms with Crippen LogP contribution in [0, 0.1) is 6.92 Å². The molecule has 2 N–H and O–H groups in total. The van der Waals surface area contributed by atoms with Crippen LogP contribution in [0.4, 0.5) is 5.82 Å². The molecular formula is C14H14ClN3O. The van der Waals surface area contributed by atoms with Crippen molar-refractivity contribution in [1.82, 2.24) is 9.78 Å². The van der Waals surface area contributed by atoms with Crippen LogP contribution in [0.15, 0.2) is 53.1 Å². The lowest BCUT2D eigenvalue weighted by Crippen LogP contribution is -2.01. The molecule has 5 heteroatoms. The SMILES string of the molecule is Cc1ccc(-n2nc(-c3ccco3)cc2N)cc1.Cl. The first kappa shape index (κ1) is 13.2. The van der Waals surface area contributed by atoms with Crippen molar-refractivity contribution in [1.29, 1.82) is 0 Å². The maximum Gasteiger partial charge on any atom is 0.154 e. The molecule has 2 heterocycles. The lowest BCUT2D eigenvalue weighted by molar-refractivity contribution is 0.579. The number of aryl methyl sites for hydroxylation is 1. The third kappa shape index (κ3) is 2.48. The molecule has 0 amide bonds. The summed E-state index contributed by atoms with van der Waals surface area (Å²) in [5.41, 5.74) is 8.86. The lowest BCUT2D eigenvalue weighted by Gasteiger charge is -2.03. The fourth-order valence-corrected chi connectivity index (χ4v) is 1.83. The predicted molar refractivity (Wildman–Crippen MR) is 77.7 cm³/mol. The predicted octanol–water partition coefficient (Wildman–Crippen LogP) is 3.44. The first-order valence-corrected chi connectivity index (χ1v) is 5.70. The third-order valence-electron chi connectivity index (χ3n) is 2.79. The summed E-state index contributed by atoms with van der Waals surface area (Å²) in [6, 6.07) is 13.5. The first-order chi connectivity index (χ1) is 8.74. The van der Waals surface area contributed by atoms with Crippen LogP contribution in [0.25, 0.3) is 17.1 Å². The second kappa shape index (κ2) is 5.20. The van der Waals surface area contributed by atoms with Gasteiger partial charge in [0.25, 0.3) is 0 Å². The van der Waals surface area contributed by atoms with Gasteiger partial charge in [-0.25, -0.2) is 4.68 Å². The Morgan fingerprint density at radius 3 is 2.53 bits per heavy atom. The van der Waals surface area contributed by atoms with E-state index in [4.69, 9.17) is 10.2 Å². The van der Waals surface area contributed by atoms with E-state index in [1.54, 1.807) is 17.0 Å². The average molecular weight is 276 g/mol. The number of hydrogen-bond donors (Lipinski definition) is 1. The van der Waals surface area contributed by atoms with Crippen molar-refractivity contribution >= 4 is 18.2 Å². The van der Waals surface area contributed by atoms with Crippen LogP contribution in [-0.4, -0.2) is 9.78 Å². The monoisotopic (exact) mass is 275 g/mol. The number of benzene rings is 1. The summed E-state index contributed by atoms with van der Waals surface area (Å²) in [4.78, 5) is 0. The van der Waals surface area contributed by atoms with Crippen molar-refractivity contribution in [2.24, 2.45) is 0 Å². The van der Waals surface area contributed by atoms with Crippen molar-refractivity contribution in [2.75, 3.05) is 5.73 Å². The largest absolute Gasteiger partial charge is 0.463 e. The summed E-state index contributed by atoms with van der Waals surface area (Å²) in [6.45, 7) is 2.05. The Morgan fingerprint density at radius 2 is 1.89 bits per heavy atom. The Labute approximate surface area is 117 Å². The number of hydrogen-bond acceptors (Lipinski definition) is 3. The van der Waals surface area contributed by atoms with E-state index in [1.165, 1.54) is 5.56 Å². The third-order valence-corrected chi connectivity index (χ3v) is 2.79. The van der Waals surface area contributed by atoms with Crippen LogP contribution in [0.5, 0.6) is 0 Å². The number of anilines is 1. The van der Waals surface area contributed by atoms with Crippen molar-refractivity contribution in [3.63, 3.8) is 0 Å². The molecule has 0 spiro atoms. The molecular weight excluding hydrogens is 262 g/mol. The summed E-state index contributed by atoms with van der Waals surface area (Å²) in [5.74, 6) is 1.30. The Bertz CT molecular complexity index is 657. The van der Waals surface area contributed by atoms with Crippen LogP contribution in [0.2, 0.25) is 0 Å². The van der Waals surface area contributed by atoms with Gasteiger partial charge in [0.15, 0.2) is 5.76 Å². The van der Waals surface area contributed by atoms with E-state index in [9.17, 15) is 0 Å². The highest BCUT2D eigenvalue weighted by Gasteiger charge is 2.10. The van der Waals surface area contributed by atoms with Gasteiger partial charge in [-0.15, -0.1) is 12.4 Å². The number of rotatable bonds is 2. The second-order valence-corrected chi connectivity index (χ2v) is 4.18.